The lowest BCUT2D eigenvalue weighted by molar-refractivity contribution is 0.277. The third kappa shape index (κ3) is 4.35. The topological polar surface area (TPSA) is 36.4 Å². The molecule has 0 saturated heterocycles. The Kier molecular flexibility index (Phi) is 5.98. The van der Waals surface area contributed by atoms with Crippen LogP contribution in [0.15, 0.2) is 18.2 Å². The monoisotopic (exact) mass is 236 g/mol. The van der Waals surface area contributed by atoms with Crippen molar-refractivity contribution in [3.63, 3.8) is 0 Å². The van der Waals surface area contributed by atoms with Crippen LogP contribution >= 0.6 is 0 Å². The van der Waals surface area contributed by atoms with Crippen molar-refractivity contribution < 1.29 is 5.11 Å². The molecule has 0 radical (unpaired) electrons. The molecule has 0 unspecified atom stereocenters. The van der Waals surface area contributed by atoms with Crippen LogP contribution in [0.1, 0.15) is 45.7 Å². The molecule has 0 bridgehead atoms. The predicted molar refractivity (Wildman–Crippen MR) is 72.2 cm³/mol. The summed E-state index contributed by atoms with van der Waals surface area (Å²) in [4.78, 5) is 6.77. The van der Waals surface area contributed by atoms with Gasteiger partial charge in [0.1, 0.15) is 5.82 Å². The average molecular weight is 236 g/mol. The molecule has 0 amide bonds. The number of anilines is 1. The van der Waals surface area contributed by atoms with Crippen molar-refractivity contribution in [2.75, 3.05) is 11.4 Å². The number of hydrogen-bond acceptors (Lipinski definition) is 3. The molecule has 96 valence electrons. The summed E-state index contributed by atoms with van der Waals surface area (Å²) in [5, 5.41) is 9.12. The predicted octanol–water partition coefficient (Wildman–Crippen LogP) is 2.98. The van der Waals surface area contributed by atoms with Crippen LogP contribution in [0.5, 0.6) is 0 Å². The molecule has 1 N–H and O–H groups in total. The third-order valence-electron chi connectivity index (χ3n) is 2.87. The van der Waals surface area contributed by atoms with E-state index >= 15 is 0 Å². The Hall–Kier alpha value is -1.09. The second-order valence-electron chi connectivity index (χ2n) is 4.64. The SMILES string of the molecule is CCCCCN(c1cccc(CO)n1)C(C)C. The van der Waals surface area contributed by atoms with Crippen molar-refractivity contribution in [2.24, 2.45) is 0 Å². The summed E-state index contributed by atoms with van der Waals surface area (Å²) < 4.78 is 0. The van der Waals surface area contributed by atoms with Crippen LogP contribution in [0.25, 0.3) is 0 Å². The number of aromatic nitrogens is 1. The molecule has 1 heterocycles. The van der Waals surface area contributed by atoms with Crippen LogP contribution in [-0.4, -0.2) is 22.7 Å². The molecule has 0 saturated carbocycles. The molecule has 0 aliphatic rings. The normalized spacial score (nSPS) is 10.9. The Morgan fingerprint density at radius 3 is 2.65 bits per heavy atom. The van der Waals surface area contributed by atoms with Crippen molar-refractivity contribution in [1.29, 1.82) is 0 Å². The number of pyridine rings is 1. The minimum absolute atomic E-state index is 0.00867. The smallest absolute Gasteiger partial charge is 0.129 e. The van der Waals surface area contributed by atoms with Crippen molar-refractivity contribution in [2.45, 2.75) is 52.7 Å². The van der Waals surface area contributed by atoms with Crippen LogP contribution in [0.2, 0.25) is 0 Å². The van der Waals surface area contributed by atoms with Crippen LogP contribution < -0.4 is 4.90 Å². The van der Waals surface area contributed by atoms with Crippen LogP contribution in [0, 0.1) is 0 Å². The second kappa shape index (κ2) is 7.28. The second-order valence-corrected chi connectivity index (χ2v) is 4.64. The van der Waals surface area contributed by atoms with Gasteiger partial charge in [-0.25, -0.2) is 4.98 Å². The molecule has 0 aliphatic heterocycles. The lowest BCUT2D eigenvalue weighted by Crippen LogP contribution is -2.32. The van der Waals surface area contributed by atoms with E-state index in [0.717, 1.165) is 18.1 Å². The molecule has 3 nitrogen and oxygen atoms in total. The molecular weight excluding hydrogens is 212 g/mol. The highest BCUT2D eigenvalue weighted by Gasteiger charge is 2.11. The highest BCUT2D eigenvalue weighted by molar-refractivity contribution is 5.40. The summed E-state index contributed by atoms with van der Waals surface area (Å²) in [7, 11) is 0. The molecule has 0 aromatic carbocycles. The van der Waals surface area contributed by atoms with Crippen molar-refractivity contribution in [1.82, 2.24) is 4.98 Å². The van der Waals surface area contributed by atoms with E-state index in [1.807, 2.05) is 18.2 Å². The standard InChI is InChI=1S/C14H24N2O/c1-4-5-6-10-16(12(2)3)14-9-7-8-13(11-17)15-14/h7-9,12,17H,4-6,10-11H2,1-3H3. The molecule has 0 fully saturated rings. The third-order valence-corrected chi connectivity index (χ3v) is 2.87. The number of unbranched alkanes of at least 4 members (excludes halogenated alkanes) is 2. The van der Waals surface area contributed by atoms with E-state index in [-0.39, 0.29) is 6.61 Å². The number of nitrogens with zero attached hydrogens (tertiary/aromatic N) is 2. The molecule has 0 aliphatic carbocycles. The largest absolute Gasteiger partial charge is 0.390 e. The molecule has 3 heteroatoms. The van der Waals surface area contributed by atoms with Crippen molar-refractivity contribution in [3.8, 4) is 0 Å². The first-order valence-electron chi connectivity index (χ1n) is 6.52. The van der Waals surface area contributed by atoms with Gasteiger partial charge in [-0.2, -0.15) is 0 Å². The zero-order chi connectivity index (χ0) is 12.7. The first-order chi connectivity index (χ1) is 8.19. The summed E-state index contributed by atoms with van der Waals surface area (Å²) in [6, 6.07) is 6.27. The zero-order valence-electron chi connectivity index (χ0n) is 11.2. The Morgan fingerprint density at radius 2 is 2.06 bits per heavy atom. The minimum atomic E-state index is 0.00867. The maximum absolute atomic E-state index is 9.12. The van der Waals surface area contributed by atoms with Gasteiger partial charge in [0.15, 0.2) is 0 Å². The fraction of sp³-hybridized carbons (Fsp3) is 0.643. The number of aliphatic hydroxyl groups is 1. The molecule has 17 heavy (non-hydrogen) atoms. The summed E-state index contributed by atoms with van der Waals surface area (Å²) >= 11 is 0. The van der Waals surface area contributed by atoms with E-state index in [9.17, 15) is 0 Å². The summed E-state index contributed by atoms with van der Waals surface area (Å²) in [6.07, 6.45) is 3.68. The molecule has 1 rings (SSSR count). The van der Waals surface area contributed by atoms with E-state index in [0.29, 0.717) is 6.04 Å². The van der Waals surface area contributed by atoms with Gasteiger partial charge in [-0.05, 0) is 32.4 Å². The summed E-state index contributed by atoms with van der Waals surface area (Å²) in [5.41, 5.74) is 0.739. The molecule has 0 spiro atoms. The Morgan fingerprint density at radius 1 is 1.29 bits per heavy atom. The highest BCUT2D eigenvalue weighted by atomic mass is 16.3. The zero-order valence-corrected chi connectivity index (χ0v) is 11.2. The number of hydrogen-bond donors (Lipinski definition) is 1. The van der Waals surface area contributed by atoms with Gasteiger partial charge in [0.05, 0.1) is 12.3 Å². The Bertz CT molecular complexity index is 326. The van der Waals surface area contributed by atoms with E-state index in [1.54, 1.807) is 0 Å². The van der Waals surface area contributed by atoms with Gasteiger partial charge in [-0.1, -0.05) is 25.8 Å². The fourth-order valence-corrected chi connectivity index (χ4v) is 1.88. The average Bonchev–Trinajstić information content (AvgIpc) is 2.34. The summed E-state index contributed by atoms with van der Waals surface area (Å²) in [5.74, 6) is 0.975. The lowest BCUT2D eigenvalue weighted by Gasteiger charge is -2.28. The van der Waals surface area contributed by atoms with Crippen LogP contribution in [-0.2, 0) is 6.61 Å². The van der Waals surface area contributed by atoms with E-state index < -0.39 is 0 Å². The molecule has 1 aromatic rings. The van der Waals surface area contributed by atoms with Gasteiger partial charge in [0, 0.05) is 12.6 Å². The molecular formula is C14H24N2O. The highest BCUT2D eigenvalue weighted by Crippen LogP contribution is 2.16. The quantitative estimate of drug-likeness (QED) is 0.739. The van der Waals surface area contributed by atoms with E-state index in [1.165, 1.54) is 19.3 Å². The Labute approximate surface area is 104 Å². The fourth-order valence-electron chi connectivity index (χ4n) is 1.88. The molecule has 0 atom stereocenters. The van der Waals surface area contributed by atoms with E-state index in [2.05, 4.69) is 30.7 Å². The van der Waals surface area contributed by atoms with Crippen LogP contribution in [0.3, 0.4) is 0 Å². The first-order valence-corrected chi connectivity index (χ1v) is 6.52. The number of rotatable bonds is 7. The van der Waals surface area contributed by atoms with Crippen molar-refractivity contribution >= 4 is 5.82 Å². The van der Waals surface area contributed by atoms with Gasteiger partial charge in [0.2, 0.25) is 0 Å². The van der Waals surface area contributed by atoms with Gasteiger partial charge >= 0.3 is 0 Å². The number of aliphatic hydroxyl groups excluding tert-OH is 1. The minimum Gasteiger partial charge on any atom is -0.390 e. The van der Waals surface area contributed by atoms with Gasteiger partial charge in [-0.15, -0.1) is 0 Å². The van der Waals surface area contributed by atoms with Crippen molar-refractivity contribution in [3.05, 3.63) is 23.9 Å². The molecule has 1 aromatic heterocycles. The summed E-state index contributed by atoms with van der Waals surface area (Å²) in [6.45, 7) is 7.62. The van der Waals surface area contributed by atoms with Gasteiger partial charge < -0.3 is 10.0 Å². The van der Waals surface area contributed by atoms with Gasteiger partial charge in [0.25, 0.3) is 0 Å². The van der Waals surface area contributed by atoms with Gasteiger partial charge in [-0.3, -0.25) is 0 Å². The lowest BCUT2D eigenvalue weighted by atomic mass is 10.2. The Balaban J connectivity index is 2.74. The maximum Gasteiger partial charge on any atom is 0.129 e. The first kappa shape index (κ1) is 14.0. The van der Waals surface area contributed by atoms with Crippen LogP contribution in [0.4, 0.5) is 5.82 Å². The van der Waals surface area contributed by atoms with E-state index in [4.69, 9.17) is 5.11 Å². The maximum atomic E-state index is 9.12.